The van der Waals surface area contributed by atoms with Crippen molar-refractivity contribution >= 4 is 5.82 Å². The van der Waals surface area contributed by atoms with Gasteiger partial charge in [-0.25, -0.2) is 4.98 Å². The highest BCUT2D eigenvalue weighted by molar-refractivity contribution is 5.51. The molecule has 17 heavy (non-hydrogen) atoms. The zero-order chi connectivity index (χ0) is 12.7. The van der Waals surface area contributed by atoms with Crippen molar-refractivity contribution in [1.82, 2.24) is 4.98 Å². The van der Waals surface area contributed by atoms with Crippen LogP contribution in [0, 0.1) is 16.7 Å². The molecule has 0 aliphatic heterocycles. The summed E-state index contributed by atoms with van der Waals surface area (Å²) in [6, 6.07) is 5.61. The highest BCUT2D eigenvalue weighted by Crippen LogP contribution is 2.23. The smallest absolute Gasteiger partial charge is 0.143 e. The number of nitrogens with zero attached hydrogens (tertiary/aromatic N) is 2. The second-order valence-corrected chi connectivity index (χ2v) is 4.86. The minimum absolute atomic E-state index is 0.0764. The fraction of sp³-hybridized carbons (Fsp3) is 0.538. The topological polar surface area (TPSA) is 68.9 Å². The van der Waals surface area contributed by atoms with E-state index in [1.807, 2.05) is 0 Å². The van der Waals surface area contributed by atoms with E-state index in [0.717, 1.165) is 19.4 Å². The summed E-state index contributed by atoms with van der Waals surface area (Å²) in [4.78, 5) is 4.15. The van der Waals surface area contributed by atoms with Crippen LogP contribution in [0.1, 0.15) is 32.3 Å². The summed E-state index contributed by atoms with van der Waals surface area (Å²) in [7, 11) is 0. The Bertz CT molecular complexity index is 396. The van der Waals surface area contributed by atoms with Crippen LogP contribution in [0.4, 0.5) is 5.82 Å². The second-order valence-electron chi connectivity index (χ2n) is 4.86. The Morgan fingerprint density at radius 3 is 2.94 bits per heavy atom. The van der Waals surface area contributed by atoms with Gasteiger partial charge >= 0.3 is 0 Å². The molecule has 92 valence electrons. The van der Waals surface area contributed by atoms with Gasteiger partial charge in [0.15, 0.2) is 0 Å². The van der Waals surface area contributed by atoms with Crippen LogP contribution in [0.3, 0.4) is 0 Å². The number of aromatic nitrogens is 1. The van der Waals surface area contributed by atoms with E-state index in [1.165, 1.54) is 0 Å². The van der Waals surface area contributed by atoms with E-state index in [0.29, 0.717) is 11.4 Å². The Kier molecular flexibility index (Phi) is 4.92. The molecule has 0 radical (unpaired) electrons. The number of anilines is 1. The van der Waals surface area contributed by atoms with Gasteiger partial charge in [0.2, 0.25) is 0 Å². The molecule has 4 heteroatoms. The predicted molar refractivity (Wildman–Crippen MR) is 67.5 cm³/mol. The van der Waals surface area contributed by atoms with Crippen LogP contribution >= 0.6 is 0 Å². The summed E-state index contributed by atoms with van der Waals surface area (Å²) in [6.45, 7) is 5.21. The molecule has 1 aromatic heterocycles. The molecule has 0 amide bonds. The Hall–Kier alpha value is -1.60. The third-order valence-electron chi connectivity index (χ3n) is 2.67. The van der Waals surface area contributed by atoms with Crippen molar-refractivity contribution in [1.29, 1.82) is 5.26 Å². The largest absolute Gasteiger partial charge is 0.396 e. The fourth-order valence-corrected chi connectivity index (χ4v) is 1.61. The molecule has 0 aliphatic carbocycles. The molecule has 1 aromatic rings. The molecule has 1 heterocycles. The molecule has 0 aromatic carbocycles. The van der Waals surface area contributed by atoms with Gasteiger partial charge in [-0.1, -0.05) is 13.8 Å². The maximum atomic E-state index is 8.93. The zero-order valence-corrected chi connectivity index (χ0v) is 10.4. The quantitative estimate of drug-likeness (QED) is 0.790. The molecule has 0 atom stereocenters. The molecule has 0 bridgehead atoms. The van der Waals surface area contributed by atoms with Gasteiger partial charge in [0.05, 0.1) is 5.56 Å². The van der Waals surface area contributed by atoms with Crippen LogP contribution in [-0.4, -0.2) is 23.2 Å². The predicted octanol–water partition coefficient (Wildman–Crippen LogP) is 2.16. The number of pyridine rings is 1. The van der Waals surface area contributed by atoms with Crippen LogP contribution in [0.2, 0.25) is 0 Å². The van der Waals surface area contributed by atoms with E-state index in [2.05, 4.69) is 30.2 Å². The van der Waals surface area contributed by atoms with E-state index >= 15 is 0 Å². The molecule has 0 unspecified atom stereocenters. The highest BCUT2D eigenvalue weighted by Gasteiger charge is 2.17. The number of hydrogen-bond acceptors (Lipinski definition) is 4. The van der Waals surface area contributed by atoms with Gasteiger partial charge in [0, 0.05) is 19.3 Å². The molecular weight excluding hydrogens is 214 g/mol. The van der Waals surface area contributed by atoms with Crippen LogP contribution in [-0.2, 0) is 0 Å². The number of aliphatic hydroxyl groups excluding tert-OH is 1. The van der Waals surface area contributed by atoms with Crippen molar-refractivity contribution in [2.75, 3.05) is 18.5 Å². The average Bonchev–Trinajstić information content (AvgIpc) is 2.34. The monoisotopic (exact) mass is 233 g/mol. The lowest BCUT2D eigenvalue weighted by atomic mass is 9.88. The maximum absolute atomic E-state index is 8.93. The summed E-state index contributed by atoms with van der Waals surface area (Å²) in [6.07, 6.45) is 3.40. The van der Waals surface area contributed by atoms with Crippen molar-refractivity contribution < 1.29 is 5.11 Å². The molecule has 0 aliphatic rings. The lowest BCUT2D eigenvalue weighted by molar-refractivity contribution is 0.248. The number of nitriles is 1. The van der Waals surface area contributed by atoms with Crippen LogP contribution < -0.4 is 5.32 Å². The summed E-state index contributed by atoms with van der Waals surface area (Å²) in [5, 5.41) is 20.9. The molecule has 0 saturated carbocycles. The van der Waals surface area contributed by atoms with Gasteiger partial charge in [-0.2, -0.15) is 5.26 Å². The molecule has 1 rings (SSSR count). The first-order chi connectivity index (χ1) is 8.09. The van der Waals surface area contributed by atoms with Crippen molar-refractivity contribution in [3.8, 4) is 6.07 Å². The molecular formula is C13H19N3O. The first-order valence-electron chi connectivity index (χ1n) is 5.79. The minimum Gasteiger partial charge on any atom is -0.396 e. The van der Waals surface area contributed by atoms with Gasteiger partial charge < -0.3 is 10.4 Å². The van der Waals surface area contributed by atoms with Gasteiger partial charge in [-0.15, -0.1) is 0 Å². The van der Waals surface area contributed by atoms with E-state index < -0.39 is 0 Å². The lowest BCUT2D eigenvalue weighted by Gasteiger charge is -2.25. The van der Waals surface area contributed by atoms with E-state index in [-0.39, 0.29) is 12.0 Å². The molecule has 0 saturated heterocycles. The van der Waals surface area contributed by atoms with Gasteiger partial charge in [0.25, 0.3) is 0 Å². The van der Waals surface area contributed by atoms with Crippen molar-refractivity contribution in [2.24, 2.45) is 5.41 Å². The van der Waals surface area contributed by atoms with Crippen LogP contribution in [0.5, 0.6) is 0 Å². The first-order valence-corrected chi connectivity index (χ1v) is 5.79. The Labute approximate surface area is 102 Å². The van der Waals surface area contributed by atoms with E-state index in [1.54, 1.807) is 18.3 Å². The van der Waals surface area contributed by atoms with Crippen LogP contribution in [0.15, 0.2) is 18.3 Å². The summed E-state index contributed by atoms with van der Waals surface area (Å²) in [5.41, 5.74) is 0.637. The van der Waals surface area contributed by atoms with Crippen molar-refractivity contribution in [2.45, 2.75) is 26.7 Å². The zero-order valence-electron chi connectivity index (χ0n) is 10.4. The molecule has 2 N–H and O–H groups in total. The summed E-state index contributed by atoms with van der Waals surface area (Å²) in [5.74, 6) is 0.632. The summed E-state index contributed by atoms with van der Waals surface area (Å²) >= 11 is 0. The van der Waals surface area contributed by atoms with E-state index in [9.17, 15) is 0 Å². The first kappa shape index (κ1) is 13.5. The molecule has 0 fully saturated rings. The Balaban J connectivity index is 2.58. The molecule has 0 spiro atoms. The Morgan fingerprint density at radius 2 is 2.29 bits per heavy atom. The normalized spacial score (nSPS) is 10.9. The molecule has 4 nitrogen and oxygen atoms in total. The van der Waals surface area contributed by atoms with Crippen LogP contribution in [0.25, 0.3) is 0 Å². The van der Waals surface area contributed by atoms with Gasteiger partial charge in [-0.3, -0.25) is 0 Å². The van der Waals surface area contributed by atoms with Crippen molar-refractivity contribution in [3.05, 3.63) is 23.9 Å². The number of hydrogen-bond donors (Lipinski definition) is 2. The minimum atomic E-state index is 0.0764. The standard InChI is InChI=1S/C13H19N3O/c1-13(2,6-4-8-17)10-16-12-11(9-14)5-3-7-15-12/h3,5,7,17H,4,6,8,10H2,1-2H3,(H,15,16). The fourth-order valence-electron chi connectivity index (χ4n) is 1.61. The SMILES string of the molecule is CC(C)(CCCO)CNc1ncccc1C#N. The third-order valence-corrected chi connectivity index (χ3v) is 2.67. The second kappa shape index (κ2) is 6.21. The number of rotatable bonds is 6. The average molecular weight is 233 g/mol. The Morgan fingerprint density at radius 1 is 1.53 bits per heavy atom. The third kappa shape index (κ3) is 4.41. The van der Waals surface area contributed by atoms with Gasteiger partial charge in [-0.05, 0) is 30.4 Å². The van der Waals surface area contributed by atoms with E-state index in [4.69, 9.17) is 10.4 Å². The highest BCUT2D eigenvalue weighted by atomic mass is 16.2. The number of nitrogens with one attached hydrogen (secondary N) is 1. The van der Waals surface area contributed by atoms with Crippen molar-refractivity contribution in [3.63, 3.8) is 0 Å². The maximum Gasteiger partial charge on any atom is 0.143 e. The lowest BCUT2D eigenvalue weighted by Crippen LogP contribution is -2.24. The number of aliphatic hydroxyl groups is 1. The summed E-state index contributed by atoms with van der Waals surface area (Å²) < 4.78 is 0. The van der Waals surface area contributed by atoms with Gasteiger partial charge in [0.1, 0.15) is 11.9 Å².